The zero-order valence-electron chi connectivity index (χ0n) is 11.5. The minimum Gasteiger partial charge on any atom is -0.466 e. The topological polar surface area (TPSA) is 41.6 Å². The van der Waals surface area contributed by atoms with Crippen LogP contribution in [0.3, 0.4) is 0 Å². The summed E-state index contributed by atoms with van der Waals surface area (Å²) in [7, 11) is 2.18. The molecule has 4 heteroatoms. The molecule has 1 fully saturated rings. The Morgan fingerprint density at radius 1 is 1.41 bits per heavy atom. The van der Waals surface area contributed by atoms with Gasteiger partial charge in [-0.3, -0.25) is 9.69 Å². The smallest absolute Gasteiger partial charge is 0.309 e. The van der Waals surface area contributed by atoms with Crippen molar-refractivity contribution in [3.8, 4) is 0 Å². The second kappa shape index (κ2) is 6.97. The van der Waals surface area contributed by atoms with Crippen molar-refractivity contribution in [2.45, 2.75) is 45.7 Å². The van der Waals surface area contributed by atoms with Gasteiger partial charge in [-0.2, -0.15) is 0 Å². The van der Waals surface area contributed by atoms with E-state index < -0.39 is 0 Å². The van der Waals surface area contributed by atoms with E-state index in [9.17, 15) is 4.79 Å². The van der Waals surface area contributed by atoms with Crippen LogP contribution in [0.1, 0.15) is 33.6 Å². The highest BCUT2D eigenvalue weighted by atomic mass is 16.5. The van der Waals surface area contributed by atoms with Crippen LogP contribution in [-0.2, 0) is 9.53 Å². The molecule has 0 aromatic rings. The van der Waals surface area contributed by atoms with Gasteiger partial charge in [-0.1, -0.05) is 6.92 Å². The maximum Gasteiger partial charge on any atom is 0.309 e. The Balaban J connectivity index is 2.11. The molecule has 1 saturated carbocycles. The summed E-state index contributed by atoms with van der Waals surface area (Å²) in [6.07, 6.45) is 2.67. The molecule has 1 aliphatic carbocycles. The lowest BCUT2D eigenvalue weighted by molar-refractivity contribution is -0.147. The summed E-state index contributed by atoms with van der Waals surface area (Å²) < 4.78 is 4.97. The van der Waals surface area contributed by atoms with Gasteiger partial charge in [0.15, 0.2) is 0 Å². The second-order valence-electron chi connectivity index (χ2n) is 5.06. The number of rotatable bonds is 8. The Morgan fingerprint density at radius 3 is 2.59 bits per heavy atom. The van der Waals surface area contributed by atoms with Gasteiger partial charge in [-0.15, -0.1) is 0 Å². The minimum absolute atomic E-state index is 0.0617. The van der Waals surface area contributed by atoms with Crippen molar-refractivity contribution in [3.63, 3.8) is 0 Å². The third-order valence-electron chi connectivity index (χ3n) is 3.40. The molecule has 4 nitrogen and oxygen atoms in total. The van der Waals surface area contributed by atoms with Crippen LogP contribution in [0.2, 0.25) is 0 Å². The van der Waals surface area contributed by atoms with Gasteiger partial charge in [0.1, 0.15) is 0 Å². The number of hydrogen-bond donors (Lipinski definition) is 1. The second-order valence-corrected chi connectivity index (χ2v) is 5.06. The molecule has 1 aliphatic rings. The number of carbonyl (C=O) groups excluding carboxylic acids is 1. The highest BCUT2D eigenvalue weighted by Crippen LogP contribution is 2.26. The van der Waals surface area contributed by atoms with E-state index in [1.807, 2.05) is 13.8 Å². The number of hydrogen-bond acceptors (Lipinski definition) is 4. The number of carbonyl (C=O) groups is 1. The molecule has 0 aliphatic heterocycles. The first-order valence-corrected chi connectivity index (χ1v) is 6.65. The normalized spacial score (nSPS) is 19.1. The van der Waals surface area contributed by atoms with Gasteiger partial charge in [0.2, 0.25) is 0 Å². The summed E-state index contributed by atoms with van der Waals surface area (Å²) >= 11 is 0. The fourth-order valence-corrected chi connectivity index (χ4v) is 1.86. The molecule has 1 rings (SSSR count). The Labute approximate surface area is 105 Å². The molecule has 0 bridgehead atoms. The van der Waals surface area contributed by atoms with Crippen LogP contribution < -0.4 is 5.32 Å². The highest BCUT2D eigenvalue weighted by Gasteiger charge is 2.28. The number of esters is 1. The van der Waals surface area contributed by atoms with Crippen molar-refractivity contribution in [2.75, 3.05) is 26.7 Å². The highest BCUT2D eigenvalue weighted by molar-refractivity contribution is 5.72. The van der Waals surface area contributed by atoms with E-state index >= 15 is 0 Å². The van der Waals surface area contributed by atoms with Crippen LogP contribution in [0.15, 0.2) is 0 Å². The Kier molecular flexibility index (Phi) is 5.92. The third-order valence-corrected chi connectivity index (χ3v) is 3.40. The average molecular weight is 242 g/mol. The van der Waals surface area contributed by atoms with E-state index in [0.29, 0.717) is 19.2 Å². The van der Waals surface area contributed by atoms with E-state index in [1.54, 1.807) is 0 Å². The molecular formula is C13H26N2O2. The van der Waals surface area contributed by atoms with Crippen LogP contribution in [0.4, 0.5) is 0 Å². The van der Waals surface area contributed by atoms with Crippen LogP contribution in [0.5, 0.6) is 0 Å². The molecule has 2 atom stereocenters. The fourth-order valence-electron chi connectivity index (χ4n) is 1.86. The van der Waals surface area contributed by atoms with Crippen molar-refractivity contribution in [1.29, 1.82) is 0 Å². The molecule has 100 valence electrons. The van der Waals surface area contributed by atoms with Gasteiger partial charge < -0.3 is 10.1 Å². The first-order chi connectivity index (χ1) is 8.06. The zero-order chi connectivity index (χ0) is 12.8. The monoisotopic (exact) mass is 242 g/mol. The maximum absolute atomic E-state index is 11.4. The average Bonchev–Trinajstić information content (AvgIpc) is 3.11. The lowest BCUT2D eigenvalue weighted by Gasteiger charge is -2.25. The number of nitrogens with one attached hydrogen (secondary N) is 1. The number of ether oxygens (including phenoxy) is 1. The van der Waals surface area contributed by atoms with Gasteiger partial charge in [0.05, 0.1) is 12.5 Å². The molecule has 0 saturated heterocycles. The van der Waals surface area contributed by atoms with Crippen molar-refractivity contribution < 1.29 is 9.53 Å². The molecule has 0 aromatic carbocycles. The summed E-state index contributed by atoms with van der Waals surface area (Å²) in [5, 5.41) is 3.35. The quantitative estimate of drug-likeness (QED) is 0.651. The first-order valence-electron chi connectivity index (χ1n) is 6.65. The predicted octanol–water partition coefficient (Wildman–Crippen LogP) is 1.26. The van der Waals surface area contributed by atoms with Gasteiger partial charge in [0.25, 0.3) is 0 Å². The van der Waals surface area contributed by atoms with Crippen LogP contribution >= 0.6 is 0 Å². The lowest BCUT2D eigenvalue weighted by Crippen LogP contribution is -2.41. The molecule has 1 N–H and O–H groups in total. The Morgan fingerprint density at radius 2 is 2.06 bits per heavy atom. The summed E-state index contributed by atoms with van der Waals surface area (Å²) in [5.41, 5.74) is 0. The predicted molar refractivity (Wildman–Crippen MR) is 68.9 cm³/mol. The summed E-state index contributed by atoms with van der Waals surface area (Å²) in [6, 6.07) is 1.31. The first kappa shape index (κ1) is 14.5. The van der Waals surface area contributed by atoms with E-state index in [2.05, 4.69) is 24.2 Å². The minimum atomic E-state index is -0.108. The number of nitrogens with zero attached hydrogens (tertiary/aromatic N) is 1. The van der Waals surface area contributed by atoms with Crippen LogP contribution in [0.25, 0.3) is 0 Å². The maximum atomic E-state index is 11.4. The molecule has 0 amide bonds. The van der Waals surface area contributed by atoms with Crippen molar-refractivity contribution in [2.24, 2.45) is 5.92 Å². The standard InChI is InChI=1S/C13H26N2O2/c1-5-17-13(16)10(2)8-14-9-11(3)15(4)12-6-7-12/h10-12,14H,5-9H2,1-4H3. The molecule has 0 aromatic heterocycles. The van der Waals surface area contributed by atoms with E-state index in [0.717, 1.165) is 12.6 Å². The SMILES string of the molecule is CCOC(=O)C(C)CNCC(C)N(C)C1CC1. The Hall–Kier alpha value is -0.610. The van der Waals surface area contributed by atoms with E-state index in [4.69, 9.17) is 4.74 Å². The summed E-state index contributed by atoms with van der Waals surface area (Å²) in [6.45, 7) is 8.05. The molecule has 2 unspecified atom stereocenters. The van der Waals surface area contributed by atoms with Gasteiger partial charge in [-0.05, 0) is 33.7 Å². The van der Waals surface area contributed by atoms with Gasteiger partial charge >= 0.3 is 5.97 Å². The fraction of sp³-hybridized carbons (Fsp3) is 0.923. The molecule has 0 heterocycles. The van der Waals surface area contributed by atoms with E-state index in [1.165, 1.54) is 12.8 Å². The zero-order valence-corrected chi connectivity index (χ0v) is 11.5. The van der Waals surface area contributed by atoms with E-state index in [-0.39, 0.29) is 11.9 Å². The van der Waals surface area contributed by atoms with Crippen LogP contribution in [0, 0.1) is 5.92 Å². The van der Waals surface area contributed by atoms with Crippen molar-refractivity contribution >= 4 is 5.97 Å². The third kappa shape index (κ3) is 5.04. The Bertz CT molecular complexity index is 242. The number of likely N-dealkylation sites (N-methyl/N-ethyl adjacent to an activating group) is 1. The van der Waals surface area contributed by atoms with Crippen LogP contribution in [-0.4, -0.2) is 49.7 Å². The molecular weight excluding hydrogens is 216 g/mol. The van der Waals surface area contributed by atoms with Gasteiger partial charge in [0, 0.05) is 25.2 Å². The molecule has 17 heavy (non-hydrogen) atoms. The lowest BCUT2D eigenvalue weighted by atomic mass is 10.2. The summed E-state index contributed by atoms with van der Waals surface area (Å²) in [4.78, 5) is 13.8. The van der Waals surface area contributed by atoms with Gasteiger partial charge in [-0.25, -0.2) is 0 Å². The van der Waals surface area contributed by atoms with Crippen molar-refractivity contribution in [3.05, 3.63) is 0 Å². The largest absolute Gasteiger partial charge is 0.466 e. The summed E-state index contributed by atoms with van der Waals surface area (Å²) in [5.74, 6) is -0.170. The molecule has 0 spiro atoms. The molecule has 0 radical (unpaired) electrons. The van der Waals surface area contributed by atoms with Crippen molar-refractivity contribution in [1.82, 2.24) is 10.2 Å².